The molecule has 3 rings (SSSR count). The van der Waals surface area contributed by atoms with E-state index in [2.05, 4.69) is 0 Å². The van der Waals surface area contributed by atoms with E-state index >= 15 is 0 Å². The van der Waals surface area contributed by atoms with Gasteiger partial charge in [0.15, 0.2) is 0 Å². The van der Waals surface area contributed by atoms with Gasteiger partial charge in [-0.1, -0.05) is 63.5 Å². The third kappa shape index (κ3) is 7.28. The van der Waals surface area contributed by atoms with Crippen LogP contribution in [0, 0.1) is 23.2 Å². The quantitative estimate of drug-likeness (QED) is 0.251. The summed E-state index contributed by atoms with van der Waals surface area (Å²) < 4.78 is 14.5. The summed E-state index contributed by atoms with van der Waals surface area (Å²) in [5.41, 5.74) is 0.110. The molecule has 5 heteroatoms. The number of hydrogen-bond donors (Lipinski definition) is 3. The van der Waals surface area contributed by atoms with E-state index in [0.29, 0.717) is 12.8 Å². The third-order valence-corrected chi connectivity index (χ3v) is 8.28. The molecule has 0 bridgehead atoms. The molecule has 0 aliphatic heterocycles. The fourth-order valence-electron chi connectivity index (χ4n) is 6.16. The summed E-state index contributed by atoms with van der Waals surface area (Å²) in [6.07, 6.45) is 17.1. The van der Waals surface area contributed by atoms with Crippen molar-refractivity contribution < 1.29 is 24.5 Å². The first-order valence-electron chi connectivity index (χ1n) is 12.8. The number of alkyl halides is 1. The van der Waals surface area contributed by atoms with E-state index in [4.69, 9.17) is 5.11 Å². The van der Waals surface area contributed by atoms with Gasteiger partial charge in [0, 0.05) is 18.8 Å². The van der Waals surface area contributed by atoms with E-state index in [9.17, 15) is 19.4 Å². The monoisotopic (exact) mass is 438 g/mol. The Morgan fingerprint density at radius 2 is 1.81 bits per heavy atom. The predicted molar refractivity (Wildman–Crippen MR) is 120 cm³/mol. The molecule has 3 N–H and O–H groups in total. The second-order valence-electron chi connectivity index (χ2n) is 10.7. The molecule has 3 aliphatic rings. The molecule has 0 spiro atoms. The van der Waals surface area contributed by atoms with Crippen LogP contribution in [0.5, 0.6) is 0 Å². The average molecular weight is 439 g/mol. The molecule has 0 heterocycles. The Bertz CT molecular complexity index is 582. The number of hydrogen-bond acceptors (Lipinski definition) is 3. The van der Waals surface area contributed by atoms with E-state index in [0.717, 1.165) is 50.9 Å². The van der Waals surface area contributed by atoms with Gasteiger partial charge < -0.3 is 15.3 Å². The Balaban J connectivity index is 1.42. The molecule has 0 aromatic carbocycles. The second kappa shape index (κ2) is 11.8. The average Bonchev–Trinajstić information content (AvgIpc) is 3.46. The number of aliphatic hydroxyl groups is 2. The van der Waals surface area contributed by atoms with Crippen molar-refractivity contribution in [1.29, 1.82) is 0 Å². The second-order valence-corrected chi connectivity index (χ2v) is 10.7. The van der Waals surface area contributed by atoms with Gasteiger partial charge in [-0.05, 0) is 55.8 Å². The normalized spacial score (nSPS) is 31.8. The number of halogens is 1. The summed E-state index contributed by atoms with van der Waals surface area (Å²) >= 11 is 0. The van der Waals surface area contributed by atoms with Gasteiger partial charge in [-0.15, -0.1) is 0 Å². The van der Waals surface area contributed by atoms with Crippen molar-refractivity contribution in [3.63, 3.8) is 0 Å². The van der Waals surface area contributed by atoms with Gasteiger partial charge in [-0.2, -0.15) is 0 Å². The Morgan fingerprint density at radius 1 is 1.10 bits per heavy atom. The van der Waals surface area contributed by atoms with E-state index < -0.39 is 18.2 Å². The molecule has 178 valence electrons. The summed E-state index contributed by atoms with van der Waals surface area (Å²) in [5, 5.41) is 29.9. The molecule has 0 amide bonds. The van der Waals surface area contributed by atoms with Crippen molar-refractivity contribution in [3.8, 4) is 0 Å². The van der Waals surface area contributed by atoms with Crippen molar-refractivity contribution in [1.82, 2.24) is 0 Å². The molecule has 3 aliphatic carbocycles. The molecule has 5 atom stereocenters. The maximum absolute atomic E-state index is 14.5. The number of carbonyl (C=O) groups is 1. The highest BCUT2D eigenvalue weighted by Crippen LogP contribution is 2.56. The maximum atomic E-state index is 14.5. The minimum Gasteiger partial charge on any atom is -0.481 e. The number of aliphatic hydroxyl groups excluding tert-OH is 2. The zero-order valence-electron chi connectivity index (χ0n) is 19.1. The summed E-state index contributed by atoms with van der Waals surface area (Å²) in [7, 11) is 0. The van der Waals surface area contributed by atoms with Crippen molar-refractivity contribution in [3.05, 3.63) is 12.2 Å². The molecular weight excluding hydrogens is 395 g/mol. The van der Waals surface area contributed by atoms with E-state index in [1.807, 2.05) is 12.2 Å². The van der Waals surface area contributed by atoms with Gasteiger partial charge in [0.05, 0.1) is 12.2 Å². The lowest BCUT2D eigenvalue weighted by Gasteiger charge is -2.29. The lowest BCUT2D eigenvalue weighted by atomic mass is 9.78. The summed E-state index contributed by atoms with van der Waals surface area (Å²) in [5.74, 6) is -0.324. The maximum Gasteiger partial charge on any atom is 0.303 e. The number of carboxylic acid groups (broad SMARTS) is 1. The number of carboxylic acids is 1. The highest BCUT2D eigenvalue weighted by Gasteiger charge is 2.49. The zero-order valence-corrected chi connectivity index (χ0v) is 19.1. The first kappa shape index (κ1) is 24.7. The van der Waals surface area contributed by atoms with Crippen molar-refractivity contribution in [2.24, 2.45) is 23.2 Å². The molecule has 4 nitrogen and oxygen atoms in total. The van der Waals surface area contributed by atoms with Crippen molar-refractivity contribution >= 4 is 5.97 Å². The molecule has 1 unspecified atom stereocenters. The fourth-order valence-corrected chi connectivity index (χ4v) is 6.16. The molecule has 31 heavy (non-hydrogen) atoms. The zero-order chi connectivity index (χ0) is 22.3. The van der Waals surface area contributed by atoms with Crippen molar-refractivity contribution in [2.75, 3.05) is 0 Å². The summed E-state index contributed by atoms with van der Waals surface area (Å²) in [6, 6.07) is 0. The topological polar surface area (TPSA) is 77.8 Å². The van der Waals surface area contributed by atoms with E-state index in [1.54, 1.807) is 0 Å². The highest BCUT2D eigenvalue weighted by molar-refractivity contribution is 5.66. The lowest BCUT2D eigenvalue weighted by molar-refractivity contribution is -0.137. The van der Waals surface area contributed by atoms with Crippen LogP contribution in [0.4, 0.5) is 4.39 Å². The lowest BCUT2D eigenvalue weighted by Crippen LogP contribution is -2.25. The Morgan fingerprint density at radius 3 is 2.48 bits per heavy atom. The minimum absolute atomic E-state index is 0.110. The molecule has 0 saturated heterocycles. The van der Waals surface area contributed by atoms with Crippen LogP contribution in [-0.4, -0.2) is 39.7 Å². The Labute approximate surface area is 187 Å². The van der Waals surface area contributed by atoms with Gasteiger partial charge in [0.2, 0.25) is 0 Å². The SMILES string of the molecule is O=C(O)CCCCCC[C@@H]1[C@@H](/C=C/CC(O)C2(CC3CCCCC3)CC2)[C@H](O)C[C@H]1F. The highest BCUT2D eigenvalue weighted by atomic mass is 19.1. The summed E-state index contributed by atoms with van der Waals surface area (Å²) in [4.78, 5) is 10.6. The number of aliphatic carboxylic acids is 1. The van der Waals surface area contributed by atoms with Crippen LogP contribution in [0.15, 0.2) is 12.2 Å². The first-order valence-corrected chi connectivity index (χ1v) is 12.8. The van der Waals surface area contributed by atoms with Crippen LogP contribution in [0.1, 0.15) is 103 Å². The molecular formula is C26H43FO4. The van der Waals surface area contributed by atoms with E-state index in [-0.39, 0.29) is 36.2 Å². The number of rotatable bonds is 13. The van der Waals surface area contributed by atoms with Crippen LogP contribution < -0.4 is 0 Å². The largest absolute Gasteiger partial charge is 0.481 e. The van der Waals surface area contributed by atoms with Gasteiger partial charge >= 0.3 is 5.97 Å². The predicted octanol–water partition coefficient (Wildman–Crippen LogP) is 5.80. The van der Waals surface area contributed by atoms with Crippen LogP contribution in [0.3, 0.4) is 0 Å². The van der Waals surface area contributed by atoms with Crippen LogP contribution in [0.25, 0.3) is 0 Å². The minimum atomic E-state index is -0.977. The van der Waals surface area contributed by atoms with Gasteiger partial charge in [0.25, 0.3) is 0 Å². The van der Waals surface area contributed by atoms with Crippen molar-refractivity contribution in [2.45, 2.75) is 121 Å². The van der Waals surface area contributed by atoms with Gasteiger partial charge in [-0.3, -0.25) is 4.79 Å². The fraction of sp³-hybridized carbons (Fsp3) is 0.885. The molecule has 0 aromatic heterocycles. The molecule has 0 aromatic rings. The standard InChI is InChI=1S/C26H43FO4/c27-22-17-23(28)21(20(22)11-6-1-2-7-14-25(30)31)12-8-13-24(29)26(15-16-26)18-19-9-4-3-5-10-19/h8,12,19-24,28-29H,1-7,9-11,13-18H2,(H,30,31)/b12-8+/t20-,21-,22-,23-,24?/m1/s1. The van der Waals surface area contributed by atoms with Gasteiger partial charge in [0.1, 0.15) is 6.17 Å². The third-order valence-electron chi connectivity index (χ3n) is 8.28. The van der Waals surface area contributed by atoms with Crippen LogP contribution in [-0.2, 0) is 4.79 Å². The van der Waals surface area contributed by atoms with Gasteiger partial charge in [-0.25, -0.2) is 4.39 Å². The summed E-state index contributed by atoms with van der Waals surface area (Å²) in [6.45, 7) is 0. The number of unbranched alkanes of at least 4 members (excludes halogenated alkanes) is 3. The first-order chi connectivity index (χ1) is 14.9. The smallest absolute Gasteiger partial charge is 0.303 e. The Kier molecular flexibility index (Phi) is 9.39. The molecule has 3 saturated carbocycles. The van der Waals surface area contributed by atoms with Crippen LogP contribution >= 0.6 is 0 Å². The molecule has 3 fully saturated rings. The molecule has 0 radical (unpaired) electrons. The van der Waals surface area contributed by atoms with Crippen LogP contribution in [0.2, 0.25) is 0 Å². The van der Waals surface area contributed by atoms with E-state index in [1.165, 1.54) is 32.1 Å². The Hall–Kier alpha value is -0.940.